The van der Waals surface area contributed by atoms with Crippen LogP contribution in [0.4, 0.5) is 5.82 Å². The van der Waals surface area contributed by atoms with E-state index in [0.29, 0.717) is 18.9 Å². The second kappa shape index (κ2) is 8.87. The van der Waals surface area contributed by atoms with E-state index in [4.69, 9.17) is 5.73 Å². The summed E-state index contributed by atoms with van der Waals surface area (Å²) in [5.41, 5.74) is 6.57. The molecule has 2 fully saturated rings. The minimum Gasteiger partial charge on any atom is -0.370 e. The number of primary amides is 1. The van der Waals surface area contributed by atoms with E-state index in [1.165, 1.54) is 18.4 Å². The number of nitrogens with one attached hydrogen (secondary N) is 1. The maximum Gasteiger partial charge on any atom is 0.217 e. The zero-order chi connectivity index (χ0) is 18.4. The highest BCUT2D eigenvalue weighted by Crippen LogP contribution is 2.20. The van der Waals surface area contributed by atoms with Gasteiger partial charge in [-0.15, -0.1) is 0 Å². The van der Waals surface area contributed by atoms with Gasteiger partial charge in [0, 0.05) is 52.4 Å². The van der Waals surface area contributed by atoms with Crippen LogP contribution >= 0.6 is 0 Å². The lowest BCUT2D eigenvalue weighted by Gasteiger charge is -2.34. The first-order valence-corrected chi connectivity index (χ1v) is 9.59. The van der Waals surface area contributed by atoms with Crippen molar-refractivity contribution in [3.8, 4) is 0 Å². The molecule has 2 saturated heterocycles. The summed E-state index contributed by atoms with van der Waals surface area (Å²) in [6, 6.07) is 4.21. The van der Waals surface area contributed by atoms with E-state index in [2.05, 4.69) is 31.2 Å². The van der Waals surface area contributed by atoms with Gasteiger partial charge < -0.3 is 20.9 Å². The molecule has 26 heavy (non-hydrogen) atoms. The highest BCUT2D eigenvalue weighted by molar-refractivity contribution is 5.80. The van der Waals surface area contributed by atoms with Crippen molar-refractivity contribution in [1.29, 1.82) is 0 Å². The number of guanidine groups is 1. The van der Waals surface area contributed by atoms with Crippen molar-refractivity contribution in [3.63, 3.8) is 0 Å². The first kappa shape index (κ1) is 18.5. The van der Waals surface area contributed by atoms with Gasteiger partial charge in [-0.25, -0.2) is 4.98 Å². The minimum absolute atomic E-state index is 0.217. The van der Waals surface area contributed by atoms with Crippen LogP contribution in [0, 0.1) is 5.92 Å². The number of rotatable bonds is 5. The Morgan fingerprint density at radius 3 is 2.88 bits per heavy atom. The Morgan fingerprint density at radius 1 is 1.35 bits per heavy atom. The number of amides is 1. The normalized spacial score (nSPS) is 21.1. The number of likely N-dealkylation sites (tertiary alicyclic amines) is 1. The van der Waals surface area contributed by atoms with Crippen molar-refractivity contribution in [2.24, 2.45) is 16.6 Å². The lowest BCUT2D eigenvalue weighted by Crippen LogP contribution is -2.46. The van der Waals surface area contributed by atoms with Gasteiger partial charge in [0.05, 0.1) is 0 Å². The molecule has 1 amide bonds. The van der Waals surface area contributed by atoms with Gasteiger partial charge >= 0.3 is 0 Å². The van der Waals surface area contributed by atoms with Crippen molar-refractivity contribution in [2.75, 3.05) is 38.1 Å². The van der Waals surface area contributed by atoms with Crippen LogP contribution in [-0.2, 0) is 11.3 Å². The summed E-state index contributed by atoms with van der Waals surface area (Å²) in [5.74, 6) is 2.06. The van der Waals surface area contributed by atoms with Crippen LogP contribution in [0.25, 0.3) is 0 Å². The molecule has 1 atom stereocenters. The molecule has 2 aliphatic rings. The van der Waals surface area contributed by atoms with Crippen molar-refractivity contribution in [3.05, 3.63) is 23.9 Å². The predicted octanol–water partition coefficient (Wildman–Crippen LogP) is 1.34. The monoisotopic (exact) mass is 358 g/mol. The summed E-state index contributed by atoms with van der Waals surface area (Å²) in [4.78, 5) is 24.7. The SMILES string of the molecule is CN=C(NCc1ccnc(N2CCCC2)c1)N1CCCC(CC(N)=O)C1. The Balaban J connectivity index is 1.57. The van der Waals surface area contributed by atoms with Gasteiger partial charge in [-0.1, -0.05) is 0 Å². The van der Waals surface area contributed by atoms with Crippen LogP contribution in [0.3, 0.4) is 0 Å². The van der Waals surface area contributed by atoms with E-state index in [1.807, 2.05) is 19.3 Å². The fourth-order valence-corrected chi connectivity index (χ4v) is 3.91. The molecule has 2 aliphatic heterocycles. The Kier molecular flexibility index (Phi) is 6.30. The first-order chi connectivity index (χ1) is 12.7. The van der Waals surface area contributed by atoms with Gasteiger partial charge in [-0.3, -0.25) is 9.79 Å². The Hall–Kier alpha value is -2.31. The largest absolute Gasteiger partial charge is 0.370 e. The summed E-state index contributed by atoms with van der Waals surface area (Å²) in [5, 5.41) is 3.46. The van der Waals surface area contributed by atoms with Gasteiger partial charge in [0.1, 0.15) is 5.82 Å². The Bertz CT molecular complexity index is 641. The lowest BCUT2D eigenvalue weighted by molar-refractivity contribution is -0.119. The highest BCUT2D eigenvalue weighted by Gasteiger charge is 2.23. The molecule has 7 nitrogen and oxygen atoms in total. The number of carbonyl (C=O) groups is 1. The van der Waals surface area contributed by atoms with Crippen molar-refractivity contribution >= 4 is 17.7 Å². The van der Waals surface area contributed by atoms with Crippen LogP contribution in [-0.4, -0.2) is 55.0 Å². The fraction of sp³-hybridized carbons (Fsp3) is 0.632. The van der Waals surface area contributed by atoms with Crippen LogP contribution in [0.2, 0.25) is 0 Å². The number of hydrogen-bond donors (Lipinski definition) is 2. The van der Waals surface area contributed by atoms with Gasteiger partial charge in [-0.05, 0) is 49.3 Å². The molecule has 3 N–H and O–H groups in total. The van der Waals surface area contributed by atoms with Crippen LogP contribution < -0.4 is 16.0 Å². The molecule has 0 aromatic carbocycles. The molecule has 0 radical (unpaired) electrons. The third kappa shape index (κ3) is 4.86. The number of nitrogens with two attached hydrogens (primary N) is 1. The third-order valence-corrected chi connectivity index (χ3v) is 5.21. The number of nitrogens with zero attached hydrogens (tertiary/aromatic N) is 4. The van der Waals surface area contributed by atoms with E-state index < -0.39 is 0 Å². The summed E-state index contributed by atoms with van der Waals surface area (Å²) < 4.78 is 0. The average Bonchev–Trinajstić information content (AvgIpc) is 3.17. The molecule has 0 aliphatic carbocycles. The van der Waals surface area contributed by atoms with Gasteiger partial charge in [0.15, 0.2) is 5.96 Å². The number of hydrogen-bond acceptors (Lipinski definition) is 4. The number of piperidine rings is 1. The Labute approximate surface area is 155 Å². The molecule has 142 valence electrons. The van der Waals surface area contributed by atoms with Crippen molar-refractivity contribution in [2.45, 2.75) is 38.6 Å². The molecule has 1 aromatic heterocycles. The summed E-state index contributed by atoms with van der Waals surface area (Å²) in [6.07, 6.45) is 6.96. The van der Waals surface area contributed by atoms with Crippen molar-refractivity contribution in [1.82, 2.24) is 15.2 Å². The highest BCUT2D eigenvalue weighted by atomic mass is 16.1. The zero-order valence-electron chi connectivity index (χ0n) is 15.7. The maximum absolute atomic E-state index is 11.2. The smallest absolute Gasteiger partial charge is 0.217 e. The predicted molar refractivity (Wildman–Crippen MR) is 104 cm³/mol. The average molecular weight is 358 g/mol. The number of aromatic nitrogens is 1. The third-order valence-electron chi connectivity index (χ3n) is 5.21. The molecular weight excluding hydrogens is 328 g/mol. The quantitative estimate of drug-likeness (QED) is 0.613. The number of aliphatic imine (C=N–C) groups is 1. The first-order valence-electron chi connectivity index (χ1n) is 9.59. The summed E-state index contributed by atoms with van der Waals surface area (Å²) >= 11 is 0. The number of carbonyl (C=O) groups excluding carboxylic acids is 1. The van der Waals surface area contributed by atoms with Crippen LogP contribution in [0.15, 0.2) is 23.3 Å². The summed E-state index contributed by atoms with van der Waals surface area (Å²) in [6.45, 7) is 4.70. The van der Waals surface area contributed by atoms with E-state index in [-0.39, 0.29) is 5.91 Å². The molecule has 0 spiro atoms. The van der Waals surface area contributed by atoms with E-state index in [0.717, 1.165) is 50.8 Å². The molecule has 0 bridgehead atoms. The van der Waals surface area contributed by atoms with E-state index in [1.54, 1.807) is 0 Å². The van der Waals surface area contributed by atoms with Crippen LogP contribution in [0.5, 0.6) is 0 Å². The summed E-state index contributed by atoms with van der Waals surface area (Å²) in [7, 11) is 1.81. The van der Waals surface area contributed by atoms with Gasteiger partial charge in [0.25, 0.3) is 0 Å². The van der Waals surface area contributed by atoms with E-state index in [9.17, 15) is 4.79 Å². The molecule has 3 heterocycles. The molecule has 1 unspecified atom stereocenters. The zero-order valence-corrected chi connectivity index (χ0v) is 15.7. The van der Waals surface area contributed by atoms with Crippen LogP contribution in [0.1, 0.15) is 37.7 Å². The topological polar surface area (TPSA) is 86.8 Å². The van der Waals surface area contributed by atoms with Gasteiger partial charge in [-0.2, -0.15) is 0 Å². The molecule has 3 rings (SSSR count). The minimum atomic E-state index is -0.217. The second-order valence-corrected chi connectivity index (χ2v) is 7.24. The van der Waals surface area contributed by atoms with Gasteiger partial charge in [0.2, 0.25) is 5.91 Å². The molecular formula is C19H30N6O. The number of pyridine rings is 1. The maximum atomic E-state index is 11.2. The number of anilines is 1. The second-order valence-electron chi connectivity index (χ2n) is 7.24. The molecule has 7 heteroatoms. The van der Waals surface area contributed by atoms with E-state index >= 15 is 0 Å². The lowest BCUT2D eigenvalue weighted by atomic mass is 9.95. The Morgan fingerprint density at radius 2 is 2.15 bits per heavy atom. The molecule has 0 saturated carbocycles. The fourth-order valence-electron chi connectivity index (χ4n) is 3.91. The standard InChI is InChI=1S/C19H30N6O/c1-21-19(25-10-4-5-16(14-25)11-17(20)26)23-13-15-6-7-22-18(12-15)24-8-2-3-9-24/h6-7,12,16H,2-5,8-11,13-14H2,1H3,(H2,20,26)(H,21,23). The molecule has 1 aromatic rings. The van der Waals surface area contributed by atoms with Crippen molar-refractivity contribution < 1.29 is 4.79 Å².